The molecule has 0 bridgehead atoms. The molecule has 0 aromatic heterocycles. The van der Waals surface area contributed by atoms with Crippen molar-refractivity contribution < 1.29 is 9.47 Å². The maximum Gasteiger partial charge on any atom is 0.264 e. The van der Waals surface area contributed by atoms with Crippen molar-refractivity contribution >= 4 is 17.4 Å². The van der Waals surface area contributed by atoms with E-state index in [4.69, 9.17) is 21.7 Å². The largest absolute Gasteiger partial charge is 0.489 e. The third kappa shape index (κ3) is 4.24. The van der Waals surface area contributed by atoms with Gasteiger partial charge < -0.3 is 14.4 Å². The summed E-state index contributed by atoms with van der Waals surface area (Å²) in [5.74, 6) is 1.51. The quantitative estimate of drug-likeness (QED) is 0.802. The zero-order chi connectivity index (χ0) is 14.4. The van der Waals surface area contributed by atoms with Crippen molar-refractivity contribution in [2.45, 2.75) is 6.61 Å². The summed E-state index contributed by atoms with van der Waals surface area (Å²) in [6, 6.07) is 17.5. The van der Waals surface area contributed by atoms with Crippen LogP contribution in [0.1, 0.15) is 5.56 Å². The molecule has 0 saturated heterocycles. The Morgan fingerprint density at radius 1 is 0.950 bits per heavy atom. The van der Waals surface area contributed by atoms with Gasteiger partial charge in [0.1, 0.15) is 18.1 Å². The van der Waals surface area contributed by atoms with E-state index in [1.807, 2.05) is 68.7 Å². The van der Waals surface area contributed by atoms with Gasteiger partial charge in [-0.05, 0) is 42.0 Å². The van der Waals surface area contributed by atoms with Gasteiger partial charge in [0.2, 0.25) is 0 Å². The lowest BCUT2D eigenvalue weighted by atomic mass is 10.2. The Balaban J connectivity index is 1.90. The van der Waals surface area contributed by atoms with Gasteiger partial charge in [-0.3, -0.25) is 0 Å². The first kappa shape index (κ1) is 14.3. The normalized spacial score (nSPS) is 9.90. The molecule has 20 heavy (non-hydrogen) atoms. The summed E-state index contributed by atoms with van der Waals surface area (Å²) in [5, 5.41) is 0.433. The van der Waals surface area contributed by atoms with Crippen LogP contribution in [-0.4, -0.2) is 24.2 Å². The van der Waals surface area contributed by atoms with Crippen LogP contribution in [-0.2, 0) is 6.61 Å². The lowest BCUT2D eigenvalue weighted by Gasteiger charge is -2.14. The van der Waals surface area contributed by atoms with Crippen LogP contribution in [0.4, 0.5) is 0 Å². The van der Waals surface area contributed by atoms with E-state index in [0.717, 1.165) is 11.3 Å². The molecular weight excluding hydrogens is 270 g/mol. The highest BCUT2D eigenvalue weighted by Gasteiger charge is 2.02. The molecule has 0 aliphatic rings. The van der Waals surface area contributed by atoms with Crippen LogP contribution in [0.25, 0.3) is 0 Å². The minimum Gasteiger partial charge on any atom is -0.489 e. The molecule has 0 spiro atoms. The minimum atomic E-state index is 0.433. The first-order valence-electron chi connectivity index (χ1n) is 6.31. The van der Waals surface area contributed by atoms with Gasteiger partial charge in [-0.15, -0.1) is 0 Å². The second-order valence-corrected chi connectivity index (χ2v) is 4.86. The lowest BCUT2D eigenvalue weighted by Crippen LogP contribution is -2.24. The Kier molecular flexibility index (Phi) is 4.96. The molecule has 0 fully saturated rings. The van der Waals surface area contributed by atoms with E-state index in [1.54, 1.807) is 4.90 Å². The molecule has 4 heteroatoms. The molecular formula is C16H17NO2S. The van der Waals surface area contributed by atoms with E-state index in [9.17, 15) is 0 Å². The topological polar surface area (TPSA) is 21.7 Å². The predicted octanol–water partition coefficient (Wildman–Crippen LogP) is 3.49. The molecule has 2 aromatic rings. The zero-order valence-corrected chi connectivity index (χ0v) is 12.4. The standard InChI is InChI=1S/C16H17NO2S/c1-17(2)16(20)19-15-10-8-14(9-11-15)18-12-13-6-4-3-5-7-13/h3-11H,12H2,1-2H3. The fourth-order valence-corrected chi connectivity index (χ4v) is 1.63. The zero-order valence-electron chi connectivity index (χ0n) is 11.6. The summed E-state index contributed by atoms with van der Waals surface area (Å²) in [6.45, 7) is 0.553. The Bertz CT molecular complexity index is 552. The summed E-state index contributed by atoms with van der Waals surface area (Å²) < 4.78 is 11.2. The van der Waals surface area contributed by atoms with Gasteiger partial charge in [-0.1, -0.05) is 30.3 Å². The van der Waals surface area contributed by atoms with E-state index in [2.05, 4.69) is 0 Å². The number of rotatable bonds is 4. The highest BCUT2D eigenvalue weighted by Crippen LogP contribution is 2.19. The summed E-state index contributed by atoms with van der Waals surface area (Å²) >= 11 is 5.08. The Labute approximate surface area is 124 Å². The molecule has 104 valence electrons. The monoisotopic (exact) mass is 287 g/mol. The van der Waals surface area contributed by atoms with Gasteiger partial charge in [0.05, 0.1) is 0 Å². The molecule has 0 N–H and O–H groups in total. The van der Waals surface area contributed by atoms with Crippen molar-refractivity contribution in [3.63, 3.8) is 0 Å². The predicted molar refractivity (Wildman–Crippen MR) is 84.1 cm³/mol. The molecule has 2 rings (SSSR count). The van der Waals surface area contributed by atoms with Crippen LogP contribution in [0.2, 0.25) is 0 Å². The SMILES string of the molecule is CN(C)C(=S)Oc1ccc(OCc2ccccc2)cc1. The van der Waals surface area contributed by atoms with E-state index in [1.165, 1.54) is 0 Å². The first-order chi connectivity index (χ1) is 9.65. The van der Waals surface area contributed by atoms with Crippen LogP contribution >= 0.6 is 12.2 Å². The van der Waals surface area contributed by atoms with Crippen LogP contribution in [0.3, 0.4) is 0 Å². The maximum atomic E-state index is 5.70. The Hall–Kier alpha value is -2.07. The highest BCUT2D eigenvalue weighted by atomic mass is 32.1. The maximum absolute atomic E-state index is 5.70. The van der Waals surface area contributed by atoms with Gasteiger partial charge in [0, 0.05) is 14.1 Å². The molecule has 0 aliphatic heterocycles. The van der Waals surface area contributed by atoms with Gasteiger partial charge in [0.25, 0.3) is 5.17 Å². The van der Waals surface area contributed by atoms with Gasteiger partial charge in [0.15, 0.2) is 0 Å². The Morgan fingerprint density at radius 3 is 2.15 bits per heavy atom. The fourth-order valence-electron chi connectivity index (χ4n) is 1.54. The smallest absolute Gasteiger partial charge is 0.264 e. The fraction of sp³-hybridized carbons (Fsp3) is 0.188. The minimum absolute atomic E-state index is 0.433. The molecule has 0 aliphatic carbocycles. The summed E-state index contributed by atoms with van der Waals surface area (Å²) in [6.07, 6.45) is 0. The summed E-state index contributed by atoms with van der Waals surface area (Å²) in [7, 11) is 3.69. The number of hydrogen-bond donors (Lipinski definition) is 0. The highest BCUT2D eigenvalue weighted by molar-refractivity contribution is 7.80. The lowest BCUT2D eigenvalue weighted by molar-refractivity contribution is 0.306. The summed E-state index contributed by atoms with van der Waals surface area (Å²) in [5.41, 5.74) is 1.14. The van der Waals surface area contributed by atoms with Crippen LogP contribution in [0.5, 0.6) is 11.5 Å². The Morgan fingerprint density at radius 2 is 1.55 bits per heavy atom. The van der Waals surface area contributed by atoms with Crippen molar-refractivity contribution in [3.05, 3.63) is 60.2 Å². The molecule has 0 amide bonds. The van der Waals surface area contributed by atoms with Gasteiger partial charge in [-0.25, -0.2) is 0 Å². The molecule has 0 atom stereocenters. The molecule has 0 saturated carbocycles. The van der Waals surface area contributed by atoms with Gasteiger partial charge in [-0.2, -0.15) is 0 Å². The van der Waals surface area contributed by atoms with E-state index < -0.39 is 0 Å². The van der Waals surface area contributed by atoms with Gasteiger partial charge >= 0.3 is 0 Å². The van der Waals surface area contributed by atoms with Crippen molar-refractivity contribution in [2.24, 2.45) is 0 Å². The van der Waals surface area contributed by atoms with E-state index in [-0.39, 0.29) is 0 Å². The van der Waals surface area contributed by atoms with Crippen molar-refractivity contribution in [1.82, 2.24) is 4.90 Å². The average Bonchev–Trinajstić information content (AvgIpc) is 2.47. The molecule has 3 nitrogen and oxygen atoms in total. The number of thiocarbonyl (C=S) groups is 1. The third-order valence-corrected chi connectivity index (χ3v) is 3.09. The number of ether oxygens (including phenoxy) is 2. The number of hydrogen-bond acceptors (Lipinski definition) is 3. The first-order valence-corrected chi connectivity index (χ1v) is 6.72. The second-order valence-electron chi connectivity index (χ2n) is 4.51. The van der Waals surface area contributed by atoms with Crippen LogP contribution < -0.4 is 9.47 Å². The molecule has 0 radical (unpaired) electrons. The van der Waals surface area contributed by atoms with E-state index >= 15 is 0 Å². The molecule has 2 aromatic carbocycles. The van der Waals surface area contributed by atoms with Crippen molar-refractivity contribution in [1.29, 1.82) is 0 Å². The number of benzene rings is 2. The van der Waals surface area contributed by atoms with Crippen LogP contribution in [0, 0.1) is 0 Å². The number of nitrogens with zero attached hydrogens (tertiary/aromatic N) is 1. The average molecular weight is 287 g/mol. The third-order valence-electron chi connectivity index (χ3n) is 2.64. The van der Waals surface area contributed by atoms with Crippen LogP contribution in [0.15, 0.2) is 54.6 Å². The molecule has 0 unspecified atom stereocenters. The van der Waals surface area contributed by atoms with E-state index in [0.29, 0.717) is 17.5 Å². The summed E-state index contributed by atoms with van der Waals surface area (Å²) in [4.78, 5) is 1.75. The second kappa shape index (κ2) is 6.91. The molecule has 0 heterocycles. The van der Waals surface area contributed by atoms with Crippen molar-refractivity contribution in [3.8, 4) is 11.5 Å². The van der Waals surface area contributed by atoms with Crippen molar-refractivity contribution in [2.75, 3.05) is 14.1 Å².